The average Bonchev–Trinajstić information content (AvgIpc) is 2.62. The number of nitrogens with zero attached hydrogens (tertiary/aromatic N) is 1. The molecule has 0 saturated carbocycles. The van der Waals surface area contributed by atoms with Crippen LogP contribution >= 0.6 is 0 Å². The zero-order valence-electron chi connectivity index (χ0n) is 13.3. The van der Waals surface area contributed by atoms with Crippen molar-refractivity contribution < 1.29 is 13.5 Å². The van der Waals surface area contributed by atoms with Crippen molar-refractivity contribution in [1.82, 2.24) is 0 Å². The first kappa shape index (κ1) is 16.6. The Kier molecular flexibility index (Phi) is 5.36. The maximum atomic E-state index is 13.6. The zero-order chi connectivity index (χ0) is 17.5. The SMILES string of the molecule is Fc1ccc(COc2cccc(C=NNc3ccccc3)c2)c(F)c1. The molecule has 0 atom stereocenters. The quantitative estimate of drug-likeness (QED) is 0.507. The fraction of sp³-hybridized carbons (Fsp3) is 0.0500. The van der Waals surface area contributed by atoms with Crippen LogP contribution in [-0.4, -0.2) is 6.21 Å². The third-order valence-electron chi connectivity index (χ3n) is 3.45. The molecule has 0 bridgehead atoms. The van der Waals surface area contributed by atoms with Gasteiger partial charge in [-0.05, 0) is 42.0 Å². The minimum absolute atomic E-state index is 0.0228. The number of nitrogens with one attached hydrogen (secondary N) is 1. The Morgan fingerprint density at radius 2 is 1.76 bits per heavy atom. The van der Waals surface area contributed by atoms with Crippen molar-refractivity contribution >= 4 is 11.9 Å². The van der Waals surface area contributed by atoms with Gasteiger partial charge in [-0.25, -0.2) is 8.78 Å². The van der Waals surface area contributed by atoms with Crippen LogP contribution in [0.4, 0.5) is 14.5 Å². The molecule has 0 saturated heterocycles. The van der Waals surface area contributed by atoms with Gasteiger partial charge in [0, 0.05) is 11.6 Å². The van der Waals surface area contributed by atoms with Crippen molar-refractivity contribution in [3.05, 3.63) is 95.6 Å². The number of hydrazone groups is 1. The van der Waals surface area contributed by atoms with Crippen molar-refractivity contribution in [2.45, 2.75) is 6.61 Å². The molecule has 5 heteroatoms. The fourth-order valence-electron chi connectivity index (χ4n) is 2.18. The highest BCUT2D eigenvalue weighted by molar-refractivity contribution is 5.80. The lowest BCUT2D eigenvalue weighted by Gasteiger charge is -2.08. The van der Waals surface area contributed by atoms with E-state index in [1.54, 1.807) is 18.3 Å². The number of ether oxygens (including phenoxy) is 1. The van der Waals surface area contributed by atoms with Crippen LogP contribution in [0.5, 0.6) is 5.75 Å². The van der Waals surface area contributed by atoms with Gasteiger partial charge in [0.2, 0.25) is 0 Å². The molecule has 126 valence electrons. The number of benzene rings is 3. The summed E-state index contributed by atoms with van der Waals surface area (Å²) in [4.78, 5) is 0. The van der Waals surface area contributed by atoms with Crippen molar-refractivity contribution in [2.75, 3.05) is 5.43 Å². The van der Waals surface area contributed by atoms with E-state index in [1.165, 1.54) is 12.1 Å². The summed E-state index contributed by atoms with van der Waals surface area (Å²) >= 11 is 0. The van der Waals surface area contributed by atoms with Crippen LogP contribution in [0.25, 0.3) is 0 Å². The summed E-state index contributed by atoms with van der Waals surface area (Å²) in [6.45, 7) is 0.0228. The Labute approximate surface area is 144 Å². The van der Waals surface area contributed by atoms with Crippen LogP contribution in [0.3, 0.4) is 0 Å². The van der Waals surface area contributed by atoms with E-state index < -0.39 is 11.6 Å². The molecule has 0 aliphatic carbocycles. The molecular weight excluding hydrogens is 322 g/mol. The molecule has 3 nitrogen and oxygen atoms in total. The summed E-state index contributed by atoms with van der Waals surface area (Å²) in [5, 5.41) is 4.16. The molecule has 0 unspecified atom stereocenters. The highest BCUT2D eigenvalue weighted by Gasteiger charge is 2.05. The van der Waals surface area contributed by atoms with Crippen molar-refractivity contribution in [3.63, 3.8) is 0 Å². The van der Waals surface area contributed by atoms with E-state index in [-0.39, 0.29) is 6.61 Å². The van der Waals surface area contributed by atoms with Gasteiger partial charge in [-0.15, -0.1) is 0 Å². The number of rotatable bonds is 6. The molecule has 0 radical (unpaired) electrons. The Morgan fingerprint density at radius 3 is 2.56 bits per heavy atom. The smallest absolute Gasteiger partial charge is 0.132 e. The van der Waals surface area contributed by atoms with Crippen molar-refractivity contribution in [1.29, 1.82) is 0 Å². The standard InChI is InChI=1S/C20H16F2N2O/c21-17-10-9-16(20(22)12-17)14-25-19-8-4-5-15(11-19)13-23-24-18-6-2-1-3-7-18/h1-13,24H,14H2. The van der Waals surface area contributed by atoms with E-state index in [4.69, 9.17) is 4.74 Å². The summed E-state index contributed by atoms with van der Waals surface area (Å²) in [5.41, 5.74) is 4.94. The first-order chi connectivity index (χ1) is 12.2. The molecule has 25 heavy (non-hydrogen) atoms. The molecule has 3 aromatic rings. The van der Waals surface area contributed by atoms with Gasteiger partial charge in [0.1, 0.15) is 24.0 Å². The molecule has 0 aromatic heterocycles. The molecular formula is C20H16F2N2O. The largest absolute Gasteiger partial charge is 0.489 e. The molecule has 0 heterocycles. The summed E-state index contributed by atoms with van der Waals surface area (Å²) in [7, 11) is 0. The molecule has 0 aliphatic rings. The highest BCUT2D eigenvalue weighted by atomic mass is 19.1. The number of para-hydroxylation sites is 1. The van der Waals surface area contributed by atoms with E-state index in [9.17, 15) is 8.78 Å². The number of hydrogen-bond donors (Lipinski definition) is 1. The van der Waals surface area contributed by atoms with Gasteiger partial charge in [-0.3, -0.25) is 5.43 Å². The molecule has 0 aliphatic heterocycles. The molecule has 3 aromatic carbocycles. The maximum Gasteiger partial charge on any atom is 0.132 e. The van der Waals surface area contributed by atoms with Crippen LogP contribution in [0.2, 0.25) is 0 Å². The molecule has 3 rings (SSSR count). The van der Waals surface area contributed by atoms with Gasteiger partial charge in [-0.2, -0.15) is 5.10 Å². The topological polar surface area (TPSA) is 33.6 Å². The van der Waals surface area contributed by atoms with Crippen LogP contribution in [0.1, 0.15) is 11.1 Å². The van der Waals surface area contributed by atoms with Crippen LogP contribution in [0.15, 0.2) is 77.9 Å². The lowest BCUT2D eigenvalue weighted by atomic mass is 10.2. The lowest BCUT2D eigenvalue weighted by molar-refractivity contribution is 0.299. The van der Waals surface area contributed by atoms with Gasteiger partial charge >= 0.3 is 0 Å². The minimum atomic E-state index is -0.621. The van der Waals surface area contributed by atoms with Crippen LogP contribution < -0.4 is 10.2 Å². The first-order valence-electron chi connectivity index (χ1n) is 7.71. The Morgan fingerprint density at radius 1 is 0.920 bits per heavy atom. The third-order valence-corrected chi connectivity index (χ3v) is 3.45. The van der Waals surface area contributed by atoms with Gasteiger partial charge in [0.25, 0.3) is 0 Å². The second-order valence-electron chi connectivity index (χ2n) is 5.33. The highest BCUT2D eigenvalue weighted by Crippen LogP contribution is 2.16. The monoisotopic (exact) mass is 338 g/mol. The average molecular weight is 338 g/mol. The molecule has 0 spiro atoms. The summed E-state index contributed by atoms with van der Waals surface area (Å²) < 4.78 is 32.1. The summed E-state index contributed by atoms with van der Waals surface area (Å²) in [6, 6.07) is 20.3. The van der Waals surface area contributed by atoms with Gasteiger partial charge < -0.3 is 4.74 Å². The van der Waals surface area contributed by atoms with Gasteiger partial charge in [-0.1, -0.05) is 30.3 Å². The first-order valence-corrected chi connectivity index (χ1v) is 7.71. The predicted molar refractivity (Wildman–Crippen MR) is 94.8 cm³/mol. The number of anilines is 1. The number of halogens is 2. The Balaban J connectivity index is 1.61. The van der Waals surface area contributed by atoms with Crippen molar-refractivity contribution in [3.8, 4) is 5.75 Å². The van der Waals surface area contributed by atoms with E-state index in [1.807, 2.05) is 42.5 Å². The Hall–Kier alpha value is -3.21. The van der Waals surface area contributed by atoms with Gasteiger partial charge in [0.05, 0.1) is 11.9 Å². The van der Waals surface area contributed by atoms with Crippen molar-refractivity contribution in [2.24, 2.45) is 5.10 Å². The van der Waals surface area contributed by atoms with Gasteiger partial charge in [0.15, 0.2) is 0 Å². The molecule has 0 fully saturated rings. The second-order valence-corrected chi connectivity index (χ2v) is 5.33. The maximum absolute atomic E-state index is 13.6. The van der Waals surface area contributed by atoms with Crippen LogP contribution in [-0.2, 0) is 6.61 Å². The van der Waals surface area contributed by atoms with E-state index in [2.05, 4.69) is 10.5 Å². The van der Waals surface area contributed by atoms with E-state index in [0.29, 0.717) is 11.3 Å². The normalized spacial score (nSPS) is 10.8. The summed E-state index contributed by atoms with van der Waals surface area (Å²) in [5.74, 6) is -0.650. The van der Waals surface area contributed by atoms with Crippen LogP contribution in [0, 0.1) is 11.6 Å². The second kappa shape index (κ2) is 8.06. The minimum Gasteiger partial charge on any atom is -0.489 e. The van der Waals surface area contributed by atoms with E-state index >= 15 is 0 Å². The Bertz CT molecular complexity index is 867. The number of hydrogen-bond acceptors (Lipinski definition) is 3. The third kappa shape index (κ3) is 4.88. The lowest BCUT2D eigenvalue weighted by Crippen LogP contribution is -1.99. The molecule has 1 N–H and O–H groups in total. The fourth-order valence-corrected chi connectivity index (χ4v) is 2.18. The molecule has 0 amide bonds. The summed E-state index contributed by atoms with van der Waals surface area (Å²) in [6.07, 6.45) is 1.67. The zero-order valence-corrected chi connectivity index (χ0v) is 13.3. The predicted octanol–water partition coefficient (Wildman–Crippen LogP) is 4.99. The van der Waals surface area contributed by atoms with E-state index in [0.717, 1.165) is 17.3 Å².